The second-order valence-electron chi connectivity index (χ2n) is 9.84. The summed E-state index contributed by atoms with van der Waals surface area (Å²) >= 11 is 1.61. The third-order valence-electron chi connectivity index (χ3n) is 7.48. The van der Waals surface area contributed by atoms with Gasteiger partial charge in [0.25, 0.3) is 0 Å². The number of fused-ring (bicyclic) bond motifs is 1. The van der Waals surface area contributed by atoms with Gasteiger partial charge in [-0.1, -0.05) is 18.3 Å². The zero-order chi connectivity index (χ0) is 24.3. The number of aromatic nitrogens is 5. The molecule has 0 aromatic carbocycles. The smallest absolute Gasteiger partial charge is 0.246 e. The van der Waals surface area contributed by atoms with E-state index in [1.165, 1.54) is 0 Å². The van der Waals surface area contributed by atoms with Gasteiger partial charge in [-0.05, 0) is 44.9 Å². The van der Waals surface area contributed by atoms with Gasteiger partial charge in [0.1, 0.15) is 6.10 Å². The zero-order valence-electron chi connectivity index (χ0n) is 20.9. The monoisotopic (exact) mass is 513 g/mol. The maximum atomic E-state index is 6.52. The van der Waals surface area contributed by atoms with E-state index in [1.54, 1.807) is 11.3 Å². The highest BCUT2D eigenvalue weighted by Gasteiger charge is 2.29. The average Bonchev–Trinajstić information content (AvgIpc) is 3.57. The topological polar surface area (TPSA) is 99.5 Å². The lowest BCUT2D eigenvalue weighted by atomic mass is 9.91. The van der Waals surface area contributed by atoms with E-state index < -0.39 is 0 Å². The summed E-state index contributed by atoms with van der Waals surface area (Å²) in [6.45, 7) is 7.47. The molecule has 5 heterocycles. The fraction of sp³-hybridized carbons (Fsp3) is 0.680. The van der Waals surface area contributed by atoms with Gasteiger partial charge in [0.15, 0.2) is 10.3 Å². The van der Waals surface area contributed by atoms with Gasteiger partial charge in [0.2, 0.25) is 11.8 Å². The molecule has 2 aliphatic heterocycles. The molecule has 3 aromatic heterocycles. The molecule has 1 N–H and O–H groups in total. The molecule has 1 aliphatic carbocycles. The number of rotatable bonds is 7. The number of anilines is 2. The summed E-state index contributed by atoms with van der Waals surface area (Å²) in [5, 5.41) is 8.97. The standard InChI is InChI=1S/C25H35N7O3S/c1-2-21-28-22-23(35-20-5-3-18(4-6-20)31-9-13-34-14-10-31)29-25(30-24(22)36-21)27-17-15-26-32(16-17)19-7-11-33-12-8-19/h15-16,18-20H,2-14H2,1H3,(H,27,29,30)/t18-,20-. The van der Waals surface area contributed by atoms with Crippen molar-refractivity contribution >= 4 is 33.3 Å². The summed E-state index contributed by atoms with van der Waals surface area (Å²) in [6, 6.07) is 1.01. The van der Waals surface area contributed by atoms with E-state index in [0.717, 1.165) is 106 Å². The first-order chi connectivity index (χ1) is 17.7. The van der Waals surface area contributed by atoms with Crippen LogP contribution in [0.5, 0.6) is 5.88 Å². The van der Waals surface area contributed by atoms with Crippen molar-refractivity contribution in [3.05, 3.63) is 17.4 Å². The number of hydrogen-bond acceptors (Lipinski definition) is 10. The molecule has 0 atom stereocenters. The van der Waals surface area contributed by atoms with Crippen LogP contribution in [-0.4, -0.2) is 81.3 Å². The molecule has 36 heavy (non-hydrogen) atoms. The number of thiazole rings is 1. The van der Waals surface area contributed by atoms with Gasteiger partial charge in [-0.15, -0.1) is 0 Å². The van der Waals surface area contributed by atoms with Crippen LogP contribution in [0.2, 0.25) is 0 Å². The van der Waals surface area contributed by atoms with Crippen molar-refractivity contribution in [2.75, 3.05) is 44.8 Å². The first-order valence-corrected chi connectivity index (χ1v) is 14.1. The Balaban J connectivity index is 1.17. The number of morpholine rings is 1. The van der Waals surface area contributed by atoms with Crippen LogP contribution in [0.1, 0.15) is 56.5 Å². The Morgan fingerprint density at radius 1 is 0.972 bits per heavy atom. The highest BCUT2D eigenvalue weighted by atomic mass is 32.1. The summed E-state index contributed by atoms with van der Waals surface area (Å²) < 4.78 is 19.6. The van der Waals surface area contributed by atoms with Gasteiger partial charge in [-0.3, -0.25) is 9.58 Å². The Hall–Kier alpha value is -2.34. The first kappa shape index (κ1) is 24.0. The van der Waals surface area contributed by atoms with E-state index in [4.69, 9.17) is 29.2 Å². The van der Waals surface area contributed by atoms with Crippen LogP contribution >= 0.6 is 11.3 Å². The first-order valence-electron chi connectivity index (χ1n) is 13.3. The van der Waals surface area contributed by atoms with Gasteiger partial charge in [0.05, 0.1) is 36.1 Å². The van der Waals surface area contributed by atoms with E-state index in [2.05, 4.69) is 22.2 Å². The molecule has 0 bridgehead atoms. The van der Waals surface area contributed by atoms with Crippen LogP contribution in [-0.2, 0) is 15.9 Å². The van der Waals surface area contributed by atoms with E-state index in [-0.39, 0.29) is 6.10 Å². The van der Waals surface area contributed by atoms with Gasteiger partial charge in [0, 0.05) is 38.5 Å². The largest absolute Gasteiger partial charge is 0.473 e. The maximum Gasteiger partial charge on any atom is 0.246 e. The van der Waals surface area contributed by atoms with Gasteiger partial charge in [-0.25, -0.2) is 4.98 Å². The Bertz CT molecular complexity index is 1150. The summed E-state index contributed by atoms with van der Waals surface area (Å²) in [7, 11) is 0. The summed E-state index contributed by atoms with van der Waals surface area (Å²) in [5.41, 5.74) is 1.65. The summed E-state index contributed by atoms with van der Waals surface area (Å²) in [5.74, 6) is 1.11. The molecule has 6 rings (SSSR count). The maximum absolute atomic E-state index is 6.52. The SMILES string of the molecule is CCc1nc2c(O[C@H]3CC[C@H](N4CCOCC4)CC3)nc(Nc3cnn(C4CCOCC4)c3)nc2s1. The fourth-order valence-corrected chi connectivity index (χ4v) is 6.31. The molecule has 3 fully saturated rings. The Kier molecular flexibility index (Phi) is 7.31. The normalized spacial score (nSPS) is 24.2. The van der Waals surface area contributed by atoms with E-state index >= 15 is 0 Å². The second-order valence-corrected chi connectivity index (χ2v) is 10.9. The summed E-state index contributed by atoms with van der Waals surface area (Å²) in [4.78, 5) is 17.8. The lowest BCUT2D eigenvalue weighted by Crippen LogP contribution is -2.46. The molecular weight excluding hydrogens is 478 g/mol. The zero-order valence-corrected chi connectivity index (χ0v) is 21.7. The van der Waals surface area contributed by atoms with Crippen LogP contribution in [0.3, 0.4) is 0 Å². The van der Waals surface area contributed by atoms with E-state index in [0.29, 0.717) is 23.9 Å². The number of nitrogens with one attached hydrogen (secondary N) is 1. The molecule has 194 valence electrons. The lowest BCUT2D eigenvalue weighted by molar-refractivity contribution is -0.00126. The molecular formula is C25H35N7O3S. The van der Waals surface area contributed by atoms with Crippen LogP contribution in [0, 0.1) is 0 Å². The van der Waals surface area contributed by atoms with Crippen LogP contribution in [0.4, 0.5) is 11.6 Å². The van der Waals surface area contributed by atoms with Crippen LogP contribution < -0.4 is 10.1 Å². The third kappa shape index (κ3) is 5.34. The van der Waals surface area contributed by atoms with Crippen LogP contribution in [0.25, 0.3) is 10.3 Å². The van der Waals surface area contributed by atoms with Crippen molar-refractivity contribution in [3.8, 4) is 5.88 Å². The Labute approximate surface area is 215 Å². The average molecular weight is 514 g/mol. The third-order valence-corrected chi connectivity index (χ3v) is 8.57. The second kappa shape index (κ2) is 11.0. The number of hydrogen-bond donors (Lipinski definition) is 1. The minimum Gasteiger partial charge on any atom is -0.473 e. The number of ether oxygens (including phenoxy) is 3. The molecule has 3 aromatic rings. The predicted molar refractivity (Wildman–Crippen MR) is 138 cm³/mol. The summed E-state index contributed by atoms with van der Waals surface area (Å²) in [6.07, 6.45) is 11.2. The van der Waals surface area contributed by atoms with Crippen molar-refractivity contribution in [1.82, 2.24) is 29.6 Å². The number of aryl methyl sites for hydroxylation is 1. The molecule has 0 unspecified atom stereocenters. The van der Waals surface area contributed by atoms with Crippen molar-refractivity contribution in [3.63, 3.8) is 0 Å². The highest BCUT2D eigenvalue weighted by Crippen LogP contribution is 2.33. The molecule has 1 saturated carbocycles. The fourth-order valence-electron chi connectivity index (χ4n) is 5.44. The lowest BCUT2D eigenvalue weighted by Gasteiger charge is -2.38. The predicted octanol–water partition coefficient (Wildman–Crippen LogP) is 3.96. The van der Waals surface area contributed by atoms with Crippen molar-refractivity contribution in [1.29, 1.82) is 0 Å². The molecule has 0 amide bonds. The van der Waals surface area contributed by atoms with Gasteiger partial charge in [-0.2, -0.15) is 15.1 Å². The van der Waals surface area contributed by atoms with E-state index in [1.807, 2.05) is 17.1 Å². The molecule has 11 heteroatoms. The Morgan fingerprint density at radius 3 is 2.53 bits per heavy atom. The van der Waals surface area contributed by atoms with Crippen molar-refractivity contribution in [2.24, 2.45) is 0 Å². The molecule has 0 spiro atoms. The van der Waals surface area contributed by atoms with Gasteiger partial charge >= 0.3 is 0 Å². The van der Waals surface area contributed by atoms with Gasteiger partial charge < -0.3 is 19.5 Å². The molecule has 2 saturated heterocycles. The number of nitrogens with zero attached hydrogens (tertiary/aromatic N) is 6. The highest BCUT2D eigenvalue weighted by molar-refractivity contribution is 7.18. The molecule has 3 aliphatic rings. The minimum absolute atomic E-state index is 0.149. The minimum atomic E-state index is 0.149. The Morgan fingerprint density at radius 2 is 1.75 bits per heavy atom. The van der Waals surface area contributed by atoms with Crippen molar-refractivity contribution < 1.29 is 14.2 Å². The van der Waals surface area contributed by atoms with E-state index in [9.17, 15) is 0 Å². The van der Waals surface area contributed by atoms with Crippen LogP contribution in [0.15, 0.2) is 12.4 Å². The quantitative estimate of drug-likeness (QED) is 0.503. The van der Waals surface area contributed by atoms with Crippen molar-refractivity contribution in [2.45, 2.75) is 70.1 Å². The molecule has 0 radical (unpaired) electrons. The molecule has 10 nitrogen and oxygen atoms in total.